The Morgan fingerprint density at radius 1 is 1.16 bits per heavy atom. The van der Waals surface area contributed by atoms with Crippen LogP contribution >= 0.6 is 0 Å². The summed E-state index contributed by atoms with van der Waals surface area (Å²) < 4.78 is 0. The van der Waals surface area contributed by atoms with Crippen molar-refractivity contribution < 1.29 is 14.4 Å². The summed E-state index contributed by atoms with van der Waals surface area (Å²) in [5.41, 5.74) is 1.29. The number of imide groups is 1. The van der Waals surface area contributed by atoms with Gasteiger partial charge in [0.1, 0.15) is 12.1 Å². The van der Waals surface area contributed by atoms with Crippen LogP contribution in [0.4, 0.5) is 4.79 Å². The molecule has 6 heteroatoms. The van der Waals surface area contributed by atoms with Crippen molar-refractivity contribution >= 4 is 17.8 Å². The molecule has 0 saturated carbocycles. The maximum absolute atomic E-state index is 12.6. The maximum atomic E-state index is 12.6. The summed E-state index contributed by atoms with van der Waals surface area (Å²) in [6, 6.07) is 7.33. The number of aryl methyl sites for hydroxylation is 1. The van der Waals surface area contributed by atoms with E-state index >= 15 is 0 Å². The molecule has 2 rings (SSSR count). The third-order valence-corrected chi connectivity index (χ3v) is 4.98. The van der Waals surface area contributed by atoms with Crippen LogP contribution in [0.1, 0.15) is 57.2 Å². The van der Waals surface area contributed by atoms with E-state index in [0.29, 0.717) is 12.8 Å². The first-order valence-electron chi connectivity index (χ1n) is 8.86. The van der Waals surface area contributed by atoms with Crippen molar-refractivity contribution in [3.63, 3.8) is 0 Å². The van der Waals surface area contributed by atoms with Crippen LogP contribution in [0.5, 0.6) is 0 Å². The second kappa shape index (κ2) is 7.68. The number of benzene rings is 1. The highest BCUT2D eigenvalue weighted by Gasteiger charge is 2.49. The maximum Gasteiger partial charge on any atom is 0.325 e. The first-order valence-corrected chi connectivity index (χ1v) is 8.86. The Kier molecular flexibility index (Phi) is 5.82. The van der Waals surface area contributed by atoms with E-state index in [9.17, 15) is 14.4 Å². The van der Waals surface area contributed by atoms with Crippen molar-refractivity contribution in [2.24, 2.45) is 0 Å². The van der Waals surface area contributed by atoms with Gasteiger partial charge in [0.25, 0.3) is 5.91 Å². The number of rotatable bonds is 7. The van der Waals surface area contributed by atoms with Gasteiger partial charge in [0.05, 0.1) is 6.04 Å². The molecule has 6 nitrogen and oxygen atoms in total. The molecule has 0 bridgehead atoms. The molecule has 0 radical (unpaired) electrons. The fourth-order valence-corrected chi connectivity index (χ4v) is 3.15. The SMILES string of the molecule is CCC(NC(=O)CN1C(=O)NC(CC)(CC)C1=O)c1ccc(C)cc1. The van der Waals surface area contributed by atoms with Gasteiger partial charge in [-0.1, -0.05) is 50.6 Å². The Balaban J connectivity index is 2.05. The molecule has 1 aliphatic rings. The van der Waals surface area contributed by atoms with Crippen molar-refractivity contribution in [3.8, 4) is 0 Å². The van der Waals surface area contributed by atoms with Crippen molar-refractivity contribution in [2.75, 3.05) is 6.54 Å². The van der Waals surface area contributed by atoms with Gasteiger partial charge in [0, 0.05) is 0 Å². The predicted molar refractivity (Wildman–Crippen MR) is 95.9 cm³/mol. The lowest BCUT2D eigenvalue weighted by Gasteiger charge is -2.23. The van der Waals surface area contributed by atoms with Gasteiger partial charge in [-0.05, 0) is 31.7 Å². The summed E-state index contributed by atoms with van der Waals surface area (Å²) in [6.07, 6.45) is 1.74. The monoisotopic (exact) mass is 345 g/mol. The van der Waals surface area contributed by atoms with E-state index in [2.05, 4.69) is 10.6 Å². The molecule has 1 aliphatic heterocycles. The largest absolute Gasteiger partial charge is 0.348 e. The molecule has 1 fully saturated rings. The highest BCUT2D eigenvalue weighted by Crippen LogP contribution is 2.25. The van der Waals surface area contributed by atoms with Crippen LogP contribution in [-0.4, -0.2) is 34.8 Å². The first-order chi connectivity index (χ1) is 11.9. The number of urea groups is 1. The Hall–Kier alpha value is -2.37. The summed E-state index contributed by atoms with van der Waals surface area (Å²) in [5.74, 6) is -0.653. The fraction of sp³-hybridized carbons (Fsp3) is 0.526. The quantitative estimate of drug-likeness (QED) is 0.746. The minimum absolute atomic E-state index is 0.143. The number of amides is 4. The second-order valence-electron chi connectivity index (χ2n) is 6.55. The summed E-state index contributed by atoms with van der Waals surface area (Å²) in [7, 11) is 0. The van der Waals surface area contributed by atoms with E-state index in [-0.39, 0.29) is 24.4 Å². The van der Waals surface area contributed by atoms with Crippen LogP contribution in [0, 0.1) is 6.92 Å². The van der Waals surface area contributed by atoms with Gasteiger partial charge in [-0.15, -0.1) is 0 Å². The van der Waals surface area contributed by atoms with Crippen LogP contribution in [0.15, 0.2) is 24.3 Å². The van der Waals surface area contributed by atoms with Crippen LogP contribution in [0.2, 0.25) is 0 Å². The molecule has 1 unspecified atom stereocenters. The third-order valence-electron chi connectivity index (χ3n) is 4.98. The zero-order valence-corrected chi connectivity index (χ0v) is 15.4. The number of hydrogen-bond acceptors (Lipinski definition) is 3. The third kappa shape index (κ3) is 3.83. The molecule has 0 spiro atoms. The van der Waals surface area contributed by atoms with Crippen molar-refractivity contribution in [2.45, 2.75) is 58.5 Å². The second-order valence-corrected chi connectivity index (χ2v) is 6.55. The van der Waals surface area contributed by atoms with Crippen molar-refractivity contribution in [1.82, 2.24) is 15.5 Å². The van der Waals surface area contributed by atoms with Gasteiger partial charge < -0.3 is 10.6 Å². The molecule has 4 amide bonds. The molecule has 1 heterocycles. The van der Waals surface area contributed by atoms with Crippen molar-refractivity contribution in [3.05, 3.63) is 35.4 Å². The summed E-state index contributed by atoms with van der Waals surface area (Å²) in [4.78, 5) is 38.1. The van der Waals surface area contributed by atoms with Crippen LogP contribution < -0.4 is 10.6 Å². The number of carbonyl (C=O) groups is 3. The van der Waals surface area contributed by atoms with Gasteiger partial charge in [-0.2, -0.15) is 0 Å². The first kappa shape index (κ1) is 19.0. The number of hydrogen-bond donors (Lipinski definition) is 2. The van der Waals surface area contributed by atoms with E-state index in [1.165, 1.54) is 0 Å². The van der Waals surface area contributed by atoms with E-state index in [1.54, 1.807) is 0 Å². The highest BCUT2D eigenvalue weighted by molar-refractivity contribution is 6.09. The average molecular weight is 345 g/mol. The molecule has 1 saturated heterocycles. The average Bonchev–Trinajstić information content (AvgIpc) is 2.85. The van der Waals surface area contributed by atoms with E-state index < -0.39 is 11.6 Å². The molecule has 1 aromatic rings. The van der Waals surface area contributed by atoms with Gasteiger partial charge in [-0.3, -0.25) is 14.5 Å². The normalized spacial score (nSPS) is 17.4. The highest BCUT2D eigenvalue weighted by atomic mass is 16.2. The lowest BCUT2D eigenvalue weighted by Crippen LogP contribution is -2.46. The molecule has 1 aromatic carbocycles. The molecule has 136 valence electrons. The zero-order chi connectivity index (χ0) is 18.6. The molecule has 0 aliphatic carbocycles. The van der Waals surface area contributed by atoms with Gasteiger partial charge >= 0.3 is 6.03 Å². The van der Waals surface area contributed by atoms with Crippen LogP contribution in [-0.2, 0) is 9.59 Å². The van der Waals surface area contributed by atoms with Gasteiger partial charge in [-0.25, -0.2) is 4.79 Å². The standard InChI is InChI=1S/C19H27N3O3/c1-5-15(14-10-8-13(4)9-11-14)20-16(23)12-22-17(24)19(6-2,7-3)21-18(22)25/h8-11,15H,5-7,12H2,1-4H3,(H,20,23)(H,21,25). The summed E-state index contributed by atoms with van der Waals surface area (Å²) in [5, 5.41) is 5.66. The number of nitrogens with zero attached hydrogens (tertiary/aromatic N) is 1. The van der Waals surface area contributed by atoms with Crippen molar-refractivity contribution in [1.29, 1.82) is 0 Å². The van der Waals surface area contributed by atoms with Crippen LogP contribution in [0.3, 0.4) is 0 Å². The van der Waals surface area contributed by atoms with E-state index in [0.717, 1.165) is 22.4 Å². The fourth-order valence-electron chi connectivity index (χ4n) is 3.15. The minimum Gasteiger partial charge on any atom is -0.348 e. The van der Waals surface area contributed by atoms with Gasteiger partial charge in [0.2, 0.25) is 5.91 Å². The minimum atomic E-state index is -0.877. The summed E-state index contributed by atoms with van der Waals surface area (Å²) in [6.45, 7) is 7.45. The lowest BCUT2D eigenvalue weighted by molar-refractivity contribution is -0.135. The smallest absolute Gasteiger partial charge is 0.325 e. The van der Waals surface area contributed by atoms with E-state index in [1.807, 2.05) is 52.0 Å². The summed E-state index contributed by atoms with van der Waals surface area (Å²) >= 11 is 0. The molecule has 1 atom stereocenters. The van der Waals surface area contributed by atoms with Gasteiger partial charge in [0.15, 0.2) is 0 Å². The molecule has 2 N–H and O–H groups in total. The Labute approximate surface area is 149 Å². The predicted octanol–water partition coefficient (Wildman–Crippen LogP) is 2.67. The Morgan fingerprint density at radius 3 is 2.24 bits per heavy atom. The molecule has 25 heavy (non-hydrogen) atoms. The lowest BCUT2D eigenvalue weighted by atomic mass is 9.93. The molecular formula is C19H27N3O3. The Morgan fingerprint density at radius 2 is 1.76 bits per heavy atom. The van der Waals surface area contributed by atoms with Crippen LogP contribution in [0.25, 0.3) is 0 Å². The number of carbonyl (C=O) groups excluding carboxylic acids is 3. The topological polar surface area (TPSA) is 78.5 Å². The zero-order valence-electron chi connectivity index (χ0n) is 15.4. The Bertz CT molecular complexity index is 650. The molecular weight excluding hydrogens is 318 g/mol. The molecule has 0 aromatic heterocycles. The number of nitrogens with one attached hydrogen (secondary N) is 2. The van der Waals surface area contributed by atoms with E-state index in [4.69, 9.17) is 0 Å².